The second kappa shape index (κ2) is 4.11. The van der Waals surface area contributed by atoms with Gasteiger partial charge in [0.2, 0.25) is 0 Å². The summed E-state index contributed by atoms with van der Waals surface area (Å²) in [6, 6.07) is 8.09. The minimum absolute atomic E-state index is 0.102. The summed E-state index contributed by atoms with van der Waals surface area (Å²) in [7, 11) is 1.99. The number of likely N-dealkylation sites (N-methyl/N-ethyl adjacent to an activating group) is 1. The van der Waals surface area contributed by atoms with Crippen molar-refractivity contribution in [1.82, 2.24) is 10.3 Å². The summed E-state index contributed by atoms with van der Waals surface area (Å²) in [4.78, 5) is 3.41. The normalized spacial score (nSPS) is 12.2. The van der Waals surface area contributed by atoms with Gasteiger partial charge in [0.05, 0.1) is 0 Å². The summed E-state index contributed by atoms with van der Waals surface area (Å²) < 4.78 is 0. The summed E-state index contributed by atoms with van der Waals surface area (Å²) >= 11 is 5.96. The molecule has 2 aromatic rings. The maximum Gasteiger partial charge on any atom is 0.0457 e. The number of aromatic nitrogens is 1. The first kappa shape index (κ1) is 11.5. The molecule has 1 aromatic carbocycles. The van der Waals surface area contributed by atoms with Gasteiger partial charge in [-0.25, -0.2) is 0 Å². The van der Waals surface area contributed by atoms with E-state index in [4.69, 9.17) is 11.6 Å². The quantitative estimate of drug-likeness (QED) is 0.841. The summed E-state index contributed by atoms with van der Waals surface area (Å²) in [5, 5.41) is 5.26. The molecule has 0 bridgehead atoms. The van der Waals surface area contributed by atoms with Crippen molar-refractivity contribution in [3.8, 4) is 0 Å². The summed E-state index contributed by atoms with van der Waals surface area (Å²) in [6.07, 6.45) is 0.968. The smallest absolute Gasteiger partial charge is 0.0457 e. The first-order chi connectivity index (χ1) is 7.50. The predicted molar refractivity (Wildman–Crippen MR) is 70.2 cm³/mol. The molecule has 0 radical (unpaired) electrons. The highest BCUT2D eigenvalue weighted by Crippen LogP contribution is 2.22. The van der Waals surface area contributed by atoms with E-state index in [9.17, 15) is 0 Å². The molecule has 0 fully saturated rings. The van der Waals surface area contributed by atoms with Crippen LogP contribution in [0.4, 0.5) is 0 Å². The monoisotopic (exact) mass is 236 g/mol. The van der Waals surface area contributed by atoms with Gasteiger partial charge in [0.25, 0.3) is 0 Å². The van der Waals surface area contributed by atoms with Gasteiger partial charge < -0.3 is 10.3 Å². The van der Waals surface area contributed by atoms with E-state index in [1.54, 1.807) is 0 Å². The number of halogens is 1. The van der Waals surface area contributed by atoms with E-state index in [-0.39, 0.29) is 5.54 Å². The maximum atomic E-state index is 5.96. The van der Waals surface area contributed by atoms with Crippen molar-refractivity contribution in [2.75, 3.05) is 7.05 Å². The molecule has 16 heavy (non-hydrogen) atoms. The van der Waals surface area contributed by atoms with Gasteiger partial charge in [-0.05, 0) is 45.2 Å². The third-order valence-corrected chi connectivity index (χ3v) is 3.18. The van der Waals surface area contributed by atoms with E-state index >= 15 is 0 Å². The Kier molecular flexibility index (Phi) is 2.96. The van der Waals surface area contributed by atoms with Crippen LogP contribution < -0.4 is 5.32 Å². The molecule has 0 aliphatic carbocycles. The van der Waals surface area contributed by atoms with Gasteiger partial charge in [-0.1, -0.05) is 11.6 Å². The van der Waals surface area contributed by atoms with E-state index < -0.39 is 0 Å². The number of benzene rings is 1. The average Bonchev–Trinajstić information content (AvgIpc) is 2.58. The van der Waals surface area contributed by atoms with Gasteiger partial charge in [-0.2, -0.15) is 0 Å². The van der Waals surface area contributed by atoms with Crippen LogP contribution in [0.25, 0.3) is 10.9 Å². The van der Waals surface area contributed by atoms with Crippen LogP contribution in [-0.4, -0.2) is 17.6 Å². The number of H-pyrrole nitrogens is 1. The lowest BCUT2D eigenvalue weighted by atomic mass is 9.99. The lowest BCUT2D eigenvalue weighted by molar-refractivity contribution is 0.419. The third kappa shape index (κ3) is 2.39. The molecule has 0 atom stereocenters. The van der Waals surface area contributed by atoms with E-state index in [0.717, 1.165) is 17.0 Å². The Labute approximate surface area is 101 Å². The lowest BCUT2D eigenvalue weighted by Gasteiger charge is -2.22. The molecular formula is C13H17ClN2. The predicted octanol–water partition coefficient (Wildman–Crippen LogP) is 3.36. The number of hydrogen-bond donors (Lipinski definition) is 2. The van der Waals surface area contributed by atoms with Crippen LogP contribution in [0.2, 0.25) is 5.02 Å². The van der Waals surface area contributed by atoms with Crippen molar-refractivity contribution in [3.05, 3.63) is 35.0 Å². The topological polar surface area (TPSA) is 27.8 Å². The van der Waals surface area contributed by atoms with E-state index in [2.05, 4.69) is 30.2 Å². The molecule has 2 rings (SSSR count). The zero-order valence-corrected chi connectivity index (χ0v) is 10.7. The average molecular weight is 237 g/mol. The molecule has 0 unspecified atom stereocenters. The summed E-state index contributed by atoms with van der Waals surface area (Å²) in [5.41, 5.74) is 2.48. The molecule has 0 spiro atoms. The van der Waals surface area contributed by atoms with Crippen molar-refractivity contribution >= 4 is 22.5 Å². The van der Waals surface area contributed by atoms with Crippen LogP contribution >= 0.6 is 11.6 Å². The van der Waals surface area contributed by atoms with Crippen LogP contribution in [0.15, 0.2) is 24.3 Å². The van der Waals surface area contributed by atoms with Crippen molar-refractivity contribution in [2.24, 2.45) is 0 Å². The number of hydrogen-bond acceptors (Lipinski definition) is 1. The Morgan fingerprint density at radius 3 is 2.75 bits per heavy atom. The molecule has 2 nitrogen and oxygen atoms in total. The van der Waals surface area contributed by atoms with E-state index in [0.29, 0.717) is 0 Å². The highest BCUT2D eigenvalue weighted by Gasteiger charge is 2.16. The summed E-state index contributed by atoms with van der Waals surface area (Å²) in [5.74, 6) is 0. The molecule has 1 heterocycles. The molecule has 0 aliphatic heterocycles. The van der Waals surface area contributed by atoms with Crippen molar-refractivity contribution in [1.29, 1.82) is 0 Å². The van der Waals surface area contributed by atoms with Crippen molar-refractivity contribution in [3.63, 3.8) is 0 Å². The number of nitrogens with one attached hydrogen (secondary N) is 2. The zero-order valence-electron chi connectivity index (χ0n) is 9.89. The lowest BCUT2D eigenvalue weighted by Crippen LogP contribution is -2.38. The van der Waals surface area contributed by atoms with Crippen molar-refractivity contribution in [2.45, 2.75) is 25.8 Å². The van der Waals surface area contributed by atoms with Gasteiger partial charge in [0, 0.05) is 33.6 Å². The highest BCUT2D eigenvalue weighted by molar-refractivity contribution is 6.31. The Morgan fingerprint density at radius 2 is 2.06 bits per heavy atom. The minimum atomic E-state index is 0.102. The van der Waals surface area contributed by atoms with Gasteiger partial charge >= 0.3 is 0 Å². The zero-order chi connectivity index (χ0) is 11.8. The molecule has 86 valence electrons. The van der Waals surface area contributed by atoms with Gasteiger partial charge in [0.15, 0.2) is 0 Å². The SMILES string of the molecule is CNC(C)(C)Cc1cc2cc(Cl)ccc2[nH]1. The second-order valence-electron chi connectivity index (χ2n) is 4.84. The molecular weight excluding hydrogens is 220 g/mol. The molecule has 0 saturated heterocycles. The molecule has 1 aromatic heterocycles. The van der Waals surface area contributed by atoms with Crippen LogP contribution in [0.5, 0.6) is 0 Å². The fourth-order valence-corrected chi connectivity index (χ4v) is 2.00. The number of aromatic amines is 1. The van der Waals surface area contributed by atoms with Gasteiger partial charge in [-0.3, -0.25) is 0 Å². The Morgan fingerprint density at radius 1 is 1.31 bits per heavy atom. The van der Waals surface area contributed by atoms with Crippen LogP contribution in [-0.2, 0) is 6.42 Å². The molecule has 2 N–H and O–H groups in total. The highest BCUT2D eigenvalue weighted by atomic mass is 35.5. The summed E-state index contributed by atoms with van der Waals surface area (Å²) in [6.45, 7) is 4.37. The minimum Gasteiger partial charge on any atom is -0.358 e. The van der Waals surface area contributed by atoms with Crippen LogP contribution in [0.3, 0.4) is 0 Å². The molecule has 0 aliphatic rings. The fraction of sp³-hybridized carbons (Fsp3) is 0.385. The van der Waals surface area contributed by atoms with Gasteiger partial charge in [-0.15, -0.1) is 0 Å². The molecule has 0 saturated carbocycles. The fourth-order valence-electron chi connectivity index (χ4n) is 1.82. The largest absolute Gasteiger partial charge is 0.358 e. The van der Waals surface area contributed by atoms with Crippen LogP contribution in [0.1, 0.15) is 19.5 Å². The third-order valence-electron chi connectivity index (χ3n) is 2.95. The maximum absolute atomic E-state index is 5.96. The first-order valence-electron chi connectivity index (χ1n) is 5.46. The van der Waals surface area contributed by atoms with Crippen molar-refractivity contribution < 1.29 is 0 Å². The number of fused-ring (bicyclic) bond motifs is 1. The number of rotatable bonds is 3. The van der Waals surface area contributed by atoms with E-state index in [1.165, 1.54) is 11.1 Å². The first-order valence-corrected chi connectivity index (χ1v) is 5.84. The molecule has 3 heteroatoms. The Hall–Kier alpha value is -0.990. The molecule has 0 amide bonds. The van der Waals surface area contributed by atoms with Crippen LogP contribution in [0, 0.1) is 0 Å². The standard InChI is InChI=1S/C13H17ClN2/c1-13(2,15-3)8-11-7-9-6-10(14)4-5-12(9)16-11/h4-7,15-16H,8H2,1-3H3. The Balaban J connectivity index is 2.33. The van der Waals surface area contributed by atoms with E-state index in [1.807, 2.05) is 25.2 Å². The Bertz CT molecular complexity index is 500. The second-order valence-corrected chi connectivity index (χ2v) is 5.27. The van der Waals surface area contributed by atoms with Gasteiger partial charge in [0.1, 0.15) is 0 Å².